The Labute approximate surface area is 191 Å². The van der Waals surface area contributed by atoms with Crippen molar-refractivity contribution in [3.05, 3.63) is 29.8 Å². The number of amides is 3. The number of carbonyl (C=O) groups excluding carboxylic acids is 3. The SMILES string of the molecule is CC(C)N1CC(OCc2ccc(OC(F)(F)F)cc2)CN(C(=O)CCC(=O)N(C)C)CC1=O. The van der Waals surface area contributed by atoms with E-state index in [0.29, 0.717) is 5.56 Å². The largest absolute Gasteiger partial charge is 0.573 e. The average molecular weight is 473 g/mol. The molecule has 0 spiro atoms. The zero-order valence-corrected chi connectivity index (χ0v) is 19.2. The van der Waals surface area contributed by atoms with Crippen molar-refractivity contribution in [2.45, 2.75) is 51.8 Å². The van der Waals surface area contributed by atoms with Gasteiger partial charge in [-0.1, -0.05) is 12.1 Å². The summed E-state index contributed by atoms with van der Waals surface area (Å²) >= 11 is 0. The van der Waals surface area contributed by atoms with E-state index in [9.17, 15) is 27.6 Å². The molecule has 2 rings (SSSR count). The number of ether oxygens (including phenoxy) is 2. The van der Waals surface area contributed by atoms with E-state index in [0.717, 1.165) is 0 Å². The van der Waals surface area contributed by atoms with Gasteiger partial charge in [-0.25, -0.2) is 0 Å². The van der Waals surface area contributed by atoms with Crippen LogP contribution in [0.1, 0.15) is 32.3 Å². The van der Waals surface area contributed by atoms with Crippen molar-refractivity contribution in [1.29, 1.82) is 0 Å². The van der Waals surface area contributed by atoms with Crippen LogP contribution in [0.4, 0.5) is 13.2 Å². The Morgan fingerprint density at radius 3 is 2.30 bits per heavy atom. The van der Waals surface area contributed by atoms with Crippen molar-refractivity contribution in [2.75, 3.05) is 33.7 Å². The molecule has 8 nitrogen and oxygen atoms in total. The molecule has 1 aromatic carbocycles. The van der Waals surface area contributed by atoms with Crippen molar-refractivity contribution in [3.8, 4) is 5.75 Å². The number of carbonyl (C=O) groups is 3. The van der Waals surface area contributed by atoms with Gasteiger partial charge in [-0.3, -0.25) is 14.4 Å². The molecule has 1 heterocycles. The van der Waals surface area contributed by atoms with Crippen molar-refractivity contribution in [1.82, 2.24) is 14.7 Å². The Morgan fingerprint density at radius 1 is 1.12 bits per heavy atom. The normalized spacial score (nSPS) is 17.2. The highest BCUT2D eigenvalue weighted by atomic mass is 19.4. The third-order valence-electron chi connectivity index (χ3n) is 5.14. The molecule has 33 heavy (non-hydrogen) atoms. The lowest BCUT2D eigenvalue weighted by molar-refractivity contribution is -0.274. The van der Waals surface area contributed by atoms with E-state index in [-0.39, 0.29) is 68.6 Å². The number of rotatable bonds is 8. The van der Waals surface area contributed by atoms with E-state index >= 15 is 0 Å². The van der Waals surface area contributed by atoms with Gasteiger partial charge in [0.05, 0.1) is 19.3 Å². The van der Waals surface area contributed by atoms with Gasteiger partial charge in [0.2, 0.25) is 17.7 Å². The van der Waals surface area contributed by atoms with Crippen LogP contribution in [0.25, 0.3) is 0 Å². The van der Waals surface area contributed by atoms with Crippen LogP contribution in [0, 0.1) is 0 Å². The van der Waals surface area contributed by atoms with E-state index in [2.05, 4.69) is 4.74 Å². The zero-order chi connectivity index (χ0) is 24.8. The summed E-state index contributed by atoms with van der Waals surface area (Å²) in [5.74, 6) is -1.04. The summed E-state index contributed by atoms with van der Waals surface area (Å²) in [5.41, 5.74) is 0.616. The molecule has 184 valence electrons. The highest BCUT2D eigenvalue weighted by Crippen LogP contribution is 2.23. The number of benzene rings is 1. The molecule has 3 amide bonds. The molecule has 1 saturated heterocycles. The van der Waals surface area contributed by atoms with E-state index < -0.39 is 12.5 Å². The minimum Gasteiger partial charge on any atom is -0.406 e. The van der Waals surface area contributed by atoms with Gasteiger partial charge in [0.25, 0.3) is 0 Å². The maximum Gasteiger partial charge on any atom is 0.573 e. The Hall–Kier alpha value is -2.82. The summed E-state index contributed by atoms with van der Waals surface area (Å²) in [6, 6.07) is 5.20. The first-order valence-electron chi connectivity index (χ1n) is 10.6. The minimum absolute atomic E-state index is 0.0145. The summed E-state index contributed by atoms with van der Waals surface area (Å²) in [5, 5.41) is 0. The third kappa shape index (κ3) is 8.56. The lowest BCUT2D eigenvalue weighted by Gasteiger charge is -2.27. The Balaban J connectivity index is 2.04. The quantitative estimate of drug-likeness (QED) is 0.580. The third-order valence-corrected chi connectivity index (χ3v) is 5.14. The number of halogens is 3. The Kier molecular flexibility index (Phi) is 9.09. The second kappa shape index (κ2) is 11.4. The van der Waals surface area contributed by atoms with Crippen LogP contribution in [-0.4, -0.2) is 84.7 Å². The number of alkyl halides is 3. The first-order chi connectivity index (χ1) is 15.4. The molecule has 1 unspecified atom stereocenters. The summed E-state index contributed by atoms with van der Waals surface area (Å²) < 4.78 is 46.7. The maximum atomic E-state index is 12.7. The minimum atomic E-state index is -4.77. The lowest BCUT2D eigenvalue weighted by Crippen LogP contribution is -2.42. The summed E-state index contributed by atoms with van der Waals surface area (Å²) in [6.07, 6.45) is -5.24. The van der Waals surface area contributed by atoms with E-state index in [1.54, 1.807) is 19.0 Å². The molecule has 11 heteroatoms. The fraction of sp³-hybridized carbons (Fsp3) is 0.591. The maximum absolute atomic E-state index is 12.7. The van der Waals surface area contributed by atoms with Crippen LogP contribution >= 0.6 is 0 Å². The molecular formula is C22H30F3N3O5. The van der Waals surface area contributed by atoms with Crippen molar-refractivity contribution >= 4 is 17.7 Å². The fourth-order valence-electron chi connectivity index (χ4n) is 3.33. The van der Waals surface area contributed by atoms with Crippen LogP contribution in [0.2, 0.25) is 0 Å². The highest BCUT2D eigenvalue weighted by molar-refractivity contribution is 5.87. The summed E-state index contributed by atoms with van der Waals surface area (Å²) in [6.45, 7) is 4.14. The smallest absolute Gasteiger partial charge is 0.406 e. The first-order valence-corrected chi connectivity index (χ1v) is 10.6. The number of hydrogen-bond donors (Lipinski definition) is 0. The van der Waals surface area contributed by atoms with Crippen LogP contribution in [0.3, 0.4) is 0 Å². The van der Waals surface area contributed by atoms with Gasteiger partial charge >= 0.3 is 6.36 Å². The van der Waals surface area contributed by atoms with Crippen LogP contribution in [-0.2, 0) is 25.7 Å². The molecular weight excluding hydrogens is 443 g/mol. The molecule has 0 N–H and O–H groups in total. The lowest BCUT2D eigenvalue weighted by atomic mass is 10.2. The summed E-state index contributed by atoms with van der Waals surface area (Å²) in [4.78, 5) is 41.6. The highest BCUT2D eigenvalue weighted by Gasteiger charge is 2.32. The van der Waals surface area contributed by atoms with E-state index in [1.807, 2.05) is 13.8 Å². The monoisotopic (exact) mass is 473 g/mol. The summed E-state index contributed by atoms with van der Waals surface area (Å²) in [7, 11) is 3.21. The molecule has 1 aromatic rings. The molecule has 0 bridgehead atoms. The van der Waals surface area contributed by atoms with Gasteiger partial charge in [-0.2, -0.15) is 0 Å². The second-order valence-electron chi connectivity index (χ2n) is 8.33. The molecule has 1 fully saturated rings. The molecule has 1 aliphatic rings. The number of hydrogen-bond acceptors (Lipinski definition) is 5. The van der Waals surface area contributed by atoms with Gasteiger partial charge in [-0.15, -0.1) is 13.2 Å². The molecule has 0 saturated carbocycles. The van der Waals surface area contributed by atoms with Crippen LogP contribution in [0.5, 0.6) is 5.75 Å². The molecule has 0 aliphatic carbocycles. The Morgan fingerprint density at radius 2 is 1.76 bits per heavy atom. The zero-order valence-electron chi connectivity index (χ0n) is 19.2. The fourth-order valence-corrected chi connectivity index (χ4v) is 3.33. The predicted octanol–water partition coefficient (Wildman–Crippen LogP) is 2.42. The van der Waals surface area contributed by atoms with Crippen LogP contribution in [0.15, 0.2) is 24.3 Å². The Bertz CT molecular complexity index is 828. The average Bonchev–Trinajstić information content (AvgIpc) is 2.89. The molecule has 1 atom stereocenters. The van der Waals surface area contributed by atoms with E-state index in [1.165, 1.54) is 34.1 Å². The topological polar surface area (TPSA) is 79.4 Å². The molecule has 0 radical (unpaired) electrons. The van der Waals surface area contributed by atoms with Gasteiger partial charge in [0, 0.05) is 46.1 Å². The van der Waals surface area contributed by atoms with Gasteiger partial charge in [0.15, 0.2) is 0 Å². The second-order valence-corrected chi connectivity index (χ2v) is 8.33. The number of nitrogens with zero attached hydrogens (tertiary/aromatic N) is 3. The van der Waals surface area contributed by atoms with Crippen molar-refractivity contribution < 1.29 is 37.0 Å². The van der Waals surface area contributed by atoms with Crippen molar-refractivity contribution in [2.24, 2.45) is 0 Å². The van der Waals surface area contributed by atoms with Crippen LogP contribution < -0.4 is 4.74 Å². The first kappa shape index (κ1) is 26.4. The molecule has 0 aromatic heterocycles. The van der Waals surface area contributed by atoms with Gasteiger partial charge < -0.3 is 24.2 Å². The van der Waals surface area contributed by atoms with Gasteiger partial charge in [0.1, 0.15) is 5.75 Å². The van der Waals surface area contributed by atoms with E-state index in [4.69, 9.17) is 4.74 Å². The standard InChI is InChI=1S/C22H30F3N3O5/c1-15(2)28-12-18(32-14-16-5-7-17(8-6-16)33-22(23,24)25)11-27(13-21(28)31)20(30)10-9-19(29)26(3)4/h5-8,15,18H,9-14H2,1-4H3. The van der Waals surface area contributed by atoms with Gasteiger partial charge in [-0.05, 0) is 31.5 Å². The van der Waals surface area contributed by atoms with Crippen molar-refractivity contribution in [3.63, 3.8) is 0 Å². The molecule has 1 aliphatic heterocycles. The predicted molar refractivity (Wildman–Crippen MR) is 113 cm³/mol.